The van der Waals surface area contributed by atoms with Gasteiger partial charge in [-0.2, -0.15) is 0 Å². The number of hydrogen-bond acceptors (Lipinski definition) is 2. The van der Waals surface area contributed by atoms with E-state index in [2.05, 4.69) is 20.9 Å². The molecule has 0 radical (unpaired) electrons. The quantitative estimate of drug-likeness (QED) is 0.737. The van der Waals surface area contributed by atoms with Crippen molar-refractivity contribution in [3.8, 4) is 0 Å². The molecule has 2 aromatic rings. The number of rotatable bonds is 0. The third-order valence-electron chi connectivity index (χ3n) is 1.89. The van der Waals surface area contributed by atoms with Gasteiger partial charge in [0.2, 0.25) is 5.43 Å². The number of anilines is 1. The van der Waals surface area contributed by atoms with E-state index in [1.165, 1.54) is 6.20 Å². The second-order valence-electron chi connectivity index (χ2n) is 2.74. The van der Waals surface area contributed by atoms with Gasteiger partial charge in [-0.1, -0.05) is 6.07 Å². The standard InChI is InChI=1S/C9H7BrN2O/c10-5-2-1-3-7-8(5)9(13)6(11)4-12-7/h1-4H,11H2,(H,12,13). The molecule has 0 aliphatic rings. The summed E-state index contributed by atoms with van der Waals surface area (Å²) in [7, 11) is 0. The van der Waals surface area contributed by atoms with E-state index in [0.717, 1.165) is 9.99 Å². The van der Waals surface area contributed by atoms with E-state index in [1.54, 1.807) is 0 Å². The number of aromatic nitrogens is 1. The van der Waals surface area contributed by atoms with Crippen LogP contribution in [0.1, 0.15) is 0 Å². The average Bonchev–Trinajstić information content (AvgIpc) is 2.12. The zero-order valence-corrected chi connectivity index (χ0v) is 8.26. The zero-order valence-electron chi connectivity index (χ0n) is 6.67. The molecule has 2 rings (SSSR count). The molecule has 0 unspecified atom stereocenters. The van der Waals surface area contributed by atoms with Crippen LogP contribution in [-0.2, 0) is 0 Å². The first-order chi connectivity index (χ1) is 6.20. The maximum absolute atomic E-state index is 11.6. The van der Waals surface area contributed by atoms with Crippen molar-refractivity contribution in [1.82, 2.24) is 4.98 Å². The Bertz CT molecular complexity index is 518. The van der Waals surface area contributed by atoms with Crippen molar-refractivity contribution in [2.45, 2.75) is 0 Å². The summed E-state index contributed by atoms with van der Waals surface area (Å²) in [5, 5.41) is 0.600. The second kappa shape index (κ2) is 2.88. The first-order valence-electron chi connectivity index (χ1n) is 3.75. The third kappa shape index (κ3) is 1.23. The van der Waals surface area contributed by atoms with Crippen LogP contribution in [0.15, 0.2) is 33.7 Å². The maximum Gasteiger partial charge on any atom is 0.213 e. The van der Waals surface area contributed by atoms with Gasteiger partial charge in [-0.25, -0.2) is 0 Å². The third-order valence-corrected chi connectivity index (χ3v) is 2.55. The van der Waals surface area contributed by atoms with E-state index >= 15 is 0 Å². The predicted molar refractivity (Wildman–Crippen MR) is 56.7 cm³/mol. The topological polar surface area (TPSA) is 58.9 Å². The van der Waals surface area contributed by atoms with Crippen LogP contribution in [0.4, 0.5) is 5.69 Å². The fourth-order valence-corrected chi connectivity index (χ4v) is 1.79. The van der Waals surface area contributed by atoms with Crippen LogP contribution in [0.5, 0.6) is 0 Å². The van der Waals surface area contributed by atoms with Gasteiger partial charge in [0.25, 0.3) is 0 Å². The number of fused-ring (bicyclic) bond motifs is 1. The highest BCUT2D eigenvalue weighted by Gasteiger charge is 2.04. The number of nitrogens with one attached hydrogen (secondary N) is 1. The Balaban J connectivity index is 3.06. The van der Waals surface area contributed by atoms with Gasteiger partial charge in [0.1, 0.15) is 0 Å². The largest absolute Gasteiger partial charge is 0.394 e. The van der Waals surface area contributed by atoms with E-state index in [-0.39, 0.29) is 11.1 Å². The molecule has 13 heavy (non-hydrogen) atoms. The first-order valence-corrected chi connectivity index (χ1v) is 4.55. The second-order valence-corrected chi connectivity index (χ2v) is 3.59. The Morgan fingerprint density at radius 2 is 2.15 bits per heavy atom. The number of halogens is 1. The molecule has 0 fully saturated rings. The molecule has 0 aliphatic carbocycles. The molecule has 0 spiro atoms. The summed E-state index contributed by atoms with van der Waals surface area (Å²) in [6.07, 6.45) is 1.51. The Morgan fingerprint density at radius 1 is 1.38 bits per heavy atom. The summed E-state index contributed by atoms with van der Waals surface area (Å²) < 4.78 is 0.763. The molecule has 1 heterocycles. The van der Waals surface area contributed by atoms with E-state index < -0.39 is 0 Å². The molecule has 3 N–H and O–H groups in total. The molecule has 0 amide bonds. The highest BCUT2D eigenvalue weighted by molar-refractivity contribution is 9.10. The van der Waals surface area contributed by atoms with E-state index in [0.29, 0.717) is 5.39 Å². The molecular formula is C9H7BrN2O. The average molecular weight is 239 g/mol. The van der Waals surface area contributed by atoms with Gasteiger partial charge in [0.05, 0.1) is 16.6 Å². The Morgan fingerprint density at radius 3 is 2.92 bits per heavy atom. The van der Waals surface area contributed by atoms with Gasteiger partial charge in [0, 0.05) is 10.7 Å². The minimum Gasteiger partial charge on any atom is -0.394 e. The SMILES string of the molecule is Nc1c[nH]c2cccc(Br)c2c1=O. The van der Waals surface area contributed by atoms with Gasteiger partial charge in [-0.15, -0.1) is 0 Å². The number of H-pyrrole nitrogens is 1. The van der Waals surface area contributed by atoms with E-state index in [1.807, 2.05) is 18.2 Å². The fraction of sp³-hybridized carbons (Fsp3) is 0. The van der Waals surface area contributed by atoms with Gasteiger partial charge in [0.15, 0.2) is 0 Å². The molecule has 0 aliphatic heterocycles. The molecular weight excluding hydrogens is 232 g/mol. The number of pyridine rings is 1. The van der Waals surface area contributed by atoms with Crippen molar-refractivity contribution in [2.75, 3.05) is 5.73 Å². The summed E-state index contributed by atoms with van der Waals surface area (Å²) >= 11 is 3.31. The Kier molecular flexibility index (Phi) is 1.84. The van der Waals surface area contributed by atoms with Crippen molar-refractivity contribution in [2.24, 2.45) is 0 Å². The number of aromatic amines is 1. The molecule has 1 aromatic carbocycles. The molecule has 0 saturated carbocycles. The van der Waals surface area contributed by atoms with Gasteiger partial charge < -0.3 is 10.7 Å². The lowest BCUT2D eigenvalue weighted by molar-refractivity contribution is 1.39. The number of hydrogen-bond donors (Lipinski definition) is 2. The number of nitrogens with two attached hydrogens (primary N) is 1. The van der Waals surface area contributed by atoms with Crippen molar-refractivity contribution >= 4 is 32.5 Å². The molecule has 0 bridgehead atoms. The Hall–Kier alpha value is -1.29. The van der Waals surface area contributed by atoms with E-state index in [4.69, 9.17) is 5.73 Å². The number of benzene rings is 1. The van der Waals surface area contributed by atoms with Crippen molar-refractivity contribution in [3.05, 3.63) is 39.1 Å². The zero-order chi connectivity index (χ0) is 9.42. The van der Waals surface area contributed by atoms with Crippen LogP contribution in [0, 0.1) is 0 Å². The van der Waals surface area contributed by atoms with Crippen LogP contribution in [-0.4, -0.2) is 4.98 Å². The molecule has 0 atom stereocenters. The summed E-state index contributed by atoms with van der Waals surface area (Å²) in [4.78, 5) is 14.5. The molecule has 66 valence electrons. The van der Waals surface area contributed by atoms with Crippen LogP contribution >= 0.6 is 15.9 Å². The fourth-order valence-electron chi connectivity index (χ4n) is 1.24. The van der Waals surface area contributed by atoms with Crippen molar-refractivity contribution in [1.29, 1.82) is 0 Å². The van der Waals surface area contributed by atoms with Gasteiger partial charge in [-0.05, 0) is 28.1 Å². The van der Waals surface area contributed by atoms with E-state index in [9.17, 15) is 4.79 Å². The first kappa shape index (κ1) is 8.31. The lowest BCUT2D eigenvalue weighted by Crippen LogP contribution is -2.09. The summed E-state index contributed by atoms with van der Waals surface area (Å²) in [5.74, 6) is 0. The molecule has 0 saturated heterocycles. The van der Waals surface area contributed by atoms with Crippen LogP contribution in [0.2, 0.25) is 0 Å². The maximum atomic E-state index is 11.6. The minimum atomic E-state index is -0.138. The molecule has 1 aromatic heterocycles. The van der Waals surface area contributed by atoms with Crippen molar-refractivity contribution in [3.63, 3.8) is 0 Å². The van der Waals surface area contributed by atoms with Gasteiger partial charge in [-0.3, -0.25) is 4.79 Å². The van der Waals surface area contributed by atoms with Gasteiger partial charge >= 0.3 is 0 Å². The van der Waals surface area contributed by atoms with Crippen LogP contribution in [0.3, 0.4) is 0 Å². The smallest absolute Gasteiger partial charge is 0.213 e. The normalized spacial score (nSPS) is 10.5. The molecule has 3 nitrogen and oxygen atoms in total. The summed E-state index contributed by atoms with van der Waals surface area (Å²) in [6.45, 7) is 0. The van der Waals surface area contributed by atoms with Crippen LogP contribution < -0.4 is 11.2 Å². The number of nitrogen functional groups attached to an aromatic ring is 1. The van der Waals surface area contributed by atoms with Crippen molar-refractivity contribution < 1.29 is 0 Å². The molecule has 4 heteroatoms. The lowest BCUT2D eigenvalue weighted by atomic mass is 10.2. The highest BCUT2D eigenvalue weighted by Crippen LogP contribution is 2.19. The summed E-state index contributed by atoms with van der Waals surface area (Å²) in [6, 6.07) is 5.51. The highest BCUT2D eigenvalue weighted by atomic mass is 79.9. The Labute approximate surface area is 82.7 Å². The summed E-state index contributed by atoms with van der Waals surface area (Å²) in [5.41, 5.74) is 6.37. The van der Waals surface area contributed by atoms with Crippen LogP contribution in [0.25, 0.3) is 10.9 Å². The minimum absolute atomic E-state index is 0.138. The predicted octanol–water partition coefficient (Wildman–Crippen LogP) is 1.87. The lowest BCUT2D eigenvalue weighted by Gasteiger charge is -2.00. The monoisotopic (exact) mass is 238 g/mol.